The Morgan fingerprint density at radius 3 is 2.38 bits per heavy atom. The summed E-state index contributed by atoms with van der Waals surface area (Å²) < 4.78 is 0. The summed E-state index contributed by atoms with van der Waals surface area (Å²) in [5.74, 6) is 0.661. The average Bonchev–Trinajstić information content (AvgIpc) is 2.47. The van der Waals surface area contributed by atoms with Gasteiger partial charge < -0.3 is 15.1 Å². The van der Waals surface area contributed by atoms with Crippen LogP contribution in [0.25, 0.3) is 0 Å². The SMILES string of the molecule is Cc1c(O)cc2c(c1C)N(c1ccc(O)cc1)C(C)CC2. The van der Waals surface area contributed by atoms with Gasteiger partial charge in [0.25, 0.3) is 0 Å². The van der Waals surface area contributed by atoms with Gasteiger partial charge in [-0.25, -0.2) is 0 Å². The molecule has 0 saturated carbocycles. The van der Waals surface area contributed by atoms with Crippen molar-refractivity contribution >= 4 is 11.4 Å². The number of anilines is 2. The van der Waals surface area contributed by atoms with Gasteiger partial charge in [-0.3, -0.25) is 0 Å². The van der Waals surface area contributed by atoms with Crippen LogP contribution in [0.5, 0.6) is 11.5 Å². The van der Waals surface area contributed by atoms with Crippen LogP contribution in [0.15, 0.2) is 30.3 Å². The normalized spacial score (nSPS) is 17.7. The largest absolute Gasteiger partial charge is 0.508 e. The van der Waals surface area contributed by atoms with E-state index in [4.69, 9.17) is 0 Å². The minimum absolute atomic E-state index is 0.280. The zero-order valence-electron chi connectivity index (χ0n) is 12.7. The Hall–Kier alpha value is -2.16. The quantitative estimate of drug-likeness (QED) is 0.825. The molecule has 3 rings (SSSR count). The molecule has 0 spiro atoms. The first kappa shape index (κ1) is 13.8. The first-order valence-electron chi connectivity index (χ1n) is 7.39. The summed E-state index contributed by atoms with van der Waals surface area (Å²) in [5, 5.41) is 19.6. The summed E-state index contributed by atoms with van der Waals surface area (Å²) in [7, 11) is 0. The van der Waals surface area contributed by atoms with E-state index in [2.05, 4.69) is 18.7 Å². The molecule has 0 saturated heterocycles. The van der Waals surface area contributed by atoms with Crippen molar-refractivity contribution in [2.24, 2.45) is 0 Å². The topological polar surface area (TPSA) is 43.7 Å². The van der Waals surface area contributed by atoms with E-state index >= 15 is 0 Å². The minimum atomic E-state index is 0.280. The number of nitrogens with zero attached hydrogens (tertiary/aromatic N) is 1. The van der Waals surface area contributed by atoms with E-state index in [-0.39, 0.29) is 5.75 Å². The molecule has 3 nitrogen and oxygen atoms in total. The van der Waals surface area contributed by atoms with Crippen LogP contribution < -0.4 is 4.90 Å². The smallest absolute Gasteiger partial charge is 0.119 e. The van der Waals surface area contributed by atoms with Crippen LogP contribution >= 0.6 is 0 Å². The summed E-state index contributed by atoms with van der Waals surface area (Å²) in [6.07, 6.45) is 2.04. The van der Waals surface area contributed by atoms with Crippen molar-refractivity contribution in [3.8, 4) is 11.5 Å². The number of aromatic hydroxyl groups is 2. The van der Waals surface area contributed by atoms with Gasteiger partial charge in [0.2, 0.25) is 0 Å². The molecular formula is C18H21NO2. The Kier molecular flexibility index (Phi) is 3.28. The maximum absolute atomic E-state index is 10.1. The second-order valence-corrected chi connectivity index (χ2v) is 5.93. The summed E-state index contributed by atoms with van der Waals surface area (Å²) in [4.78, 5) is 2.32. The van der Waals surface area contributed by atoms with Crippen molar-refractivity contribution in [2.45, 2.75) is 39.7 Å². The average molecular weight is 283 g/mol. The maximum atomic E-state index is 10.1. The van der Waals surface area contributed by atoms with Crippen LogP contribution in [0.4, 0.5) is 11.4 Å². The lowest BCUT2D eigenvalue weighted by Crippen LogP contribution is -2.34. The highest BCUT2D eigenvalue weighted by Crippen LogP contribution is 2.42. The molecule has 2 aromatic rings. The maximum Gasteiger partial charge on any atom is 0.119 e. The van der Waals surface area contributed by atoms with E-state index in [9.17, 15) is 10.2 Å². The Balaban J connectivity index is 2.19. The van der Waals surface area contributed by atoms with Crippen molar-refractivity contribution in [3.63, 3.8) is 0 Å². The van der Waals surface area contributed by atoms with Gasteiger partial charge in [0.1, 0.15) is 11.5 Å². The second kappa shape index (κ2) is 4.99. The van der Waals surface area contributed by atoms with Crippen LogP contribution in [-0.2, 0) is 6.42 Å². The molecule has 0 fully saturated rings. The van der Waals surface area contributed by atoms with E-state index in [0.29, 0.717) is 11.8 Å². The molecule has 21 heavy (non-hydrogen) atoms. The molecule has 0 aromatic heterocycles. The Labute approximate surface area is 125 Å². The molecule has 0 amide bonds. The van der Waals surface area contributed by atoms with Gasteiger partial charge >= 0.3 is 0 Å². The van der Waals surface area contributed by atoms with Crippen molar-refractivity contribution in [1.82, 2.24) is 0 Å². The van der Waals surface area contributed by atoms with Gasteiger partial charge in [-0.2, -0.15) is 0 Å². The van der Waals surface area contributed by atoms with E-state index in [0.717, 1.165) is 29.7 Å². The number of fused-ring (bicyclic) bond motifs is 1. The number of phenolic OH excluding ortho intramolecular Hbond substituents is 2. The standard InChI is InChI=1S/C18H21NO2/c1-11-4-5-14-10-17(21)12(2)13(3)18(14)19(11)15-6-8-16(20)9-7-15/h6-11,20-21H,4-5H2,1-3H3. The molecule has 0 bridgehead atoms. The Morgan fingerprint density at radius 1 is 1.05 bits per heavy atom. The number of hydrogen-bond acceptors (Lipinski definition) is 3. The lowest BCUT2D eigenvalue weighted by molar-refractivity contribution is 0.468. The molecule has 1 unspecified atom stereocenters. The number of benzene rings is 2. The number of hydrogen-bond donors (Lipinski definition) is 2. The second-order valence-electron chi connectivity index (χ2n) is 5.93. The first-order valence-corrected chi connectivity index (χ1v) is 7.39. The van der Waals surface area contributed by atoms with Gasteiger partial charge in [0.05, 0.1) is 0 Å². The lowest BCUT2D eigenvalue weighted by atomic mass is 9.91. The van der Waals surface area contributed by atoms with Gasteiger partial charge in [-0.05, 0) is 80.6 Å². The van der Waals surface area contributed by atoms with E-state index in [1.165, 1.54) is 11.3 Å². The van der Waals surface area contributed by atoms with Crippen molar-refractivity contribution in [3.05, 3.63) is 47.0 Å². The van der Waals surface area contributed by atoms with Gasteiger partial charge in [-0.15, -0.1) is 0 Å². The monoisotopic (exact) mass is 283 g/mol. The van der Waals surface area contributed by atoms with Gasteiger partial charge in [0.15, 0.2) is 0 Å². The number of aryl methyl sites for hydroxylation is 1. The predicted molar refractivity (Wildman–Crippen MR) is 85.6 cm³/mol. The zero-order chi connectivity index (χ0) is 15.1. The molecule has 0 aliphatic carbocycles. The lowest BCUT2D eigenvalue weighted by Gasteiger charge is -2.39. The third kappa shape index (κ3) is 2.23. The molecule has 1 atom stereocenters. The predicted octanol–water partition coefficient (Wildman–Crippen LogP) is 4.19. The fourth-order valence-corrected chi connectivity index (χ4v) is 3.19. The molecule has 1 aliphatic heterocycles. The van der Waals surface area contributed by atoms with Crippen LogP contribution in [0.1, 0.15) is 30.0 Å². The van der Waals surface area contributed by atoms with Crippen LogP contribution in [0, 0.1) is 13.8 Å². The van der Waals surface area contributed by atoms with Crippen molar-refractivity contribution < 1.29 is 10.2 Å². The van der Waals surface area contributed by atoms with Crippen LogP contribution in [0.2, 0.25) is 0 Å². The molecular weight excluding hydrogens is 262 g/mol. The third-order valence-corrected chi connectivity index (χ3v) is 4.56. The van der Waals surface area contributed by atoms with Crippen LogP contribution in [0.3, 0.4) is 0 Å². The fourth-order valence-electron chi connectivity index (χ4n) is 3.19. The molecule has 0 radical (unpaired) electrons. The van der Waals surface area contributed by atoms with Crippen LogP contribution in [-0.4, -0.2) is 16.3 Å². The summed E-state index contributed by atoms with van der Waals surface area (Å²) in [6, 6.07) is 9.63. The highest BCUT2D eigenvalue weighted by atomic mass is 16.3. The van der Waals surface area contributed by atoms with E-state index < -0.39 is 0 Å². The van der Waals surface area contributed by atoms with Gasteiger partial charge in [0, 0.05) is 17.4 Å². The Morgan fingerprint density at radius 2 is 1.71 bits per heavy atom. The molecule has 2 aromatic carbocycles. The molecule has 3 heteroatoms. The molecule has 1 aliphatic rings. The van der Waals surface area contributed by atoms with Crippen molar-refractivity contribution in [2.75, 3.05) is 4.90 Å². The summed E-state index contributed by atoms with van der Waals surface area (Å²) in [6.45, 7) is 6.25. The molecule has 2 N–H and O–H groups in total. The number of phenols is 2. The van der Waals surface area contributed by atoms with Crippen molar-refractivity contribution in [1.29, 1.82) is 0 Å². The summed E-state index contributed by atoms with van der Waals surface area (Å²) in [5.41, 5.74) is 5.54. The van der Waals surface area contributed by atoms with E-state index in [1.807, 2.05) is 25.1 Å². The minimum Gasteiger partial charge on any atom is -0.508 e. The molecule has 1 heterocycles. The highest BCUT2D eigenvalue weighted by molar-refractivity contribution is 5.74. The third-order valence-electron chi connectivity index (χ3n) is 4.56. The zero-order valence-corrected chi connectivity index (χ0v) is 12.7. The van der Waals surface area contributed by atoms with Gasteiger partial charge in [-0.1, -0.05) is 0 Å². The summed E-state index contributed by atoms with van der Waals surface area (Å²) >= 11 is 0. The Bertz CT molecular complexity index is 677. The van der Waals surface area contributed by atoms with E-state index in [1.54, 1.807) is 12.1 Å². The molecule has 110 valence electrons. The fraction of sp³-hybridized carbons (Fsp3) is 0.333. The highest BCUT2D eigenvalue weighted by Gasteiger charge is 2.27. The first-order chi connectivity index (χ1) is 9.99. The number of rotatable bonds is 1.